The molecule has 1 aromatic carbocycles. The lowest BCUT2D eigenvalue weighted by Gasteiger charge is -2.37. The van der Waals surface area contributed by atoms with Crippen LogP contribution in [0, 0.1) is 0 Å². The predicted molar refractivity (Wildman–Crippen MR) is 129 cm³/mol. The number of carbonyl (C=O) groups excluding carboxylic acids is 1. The van der Waals surface area contributed by atoms with Crippen LogP contribution >= 0.6 is 0 Å². The molecule has 0 spiro atoms. The summed E-state index contributed by atoms with van der Waals surface area (Å²) in [6.07, 6.45) is 6.96. The maximum Gasteiger partial charge on any atom is 0.222 e. The van der Waals surface area contributed by atoms with Gasteiger partial charge in [-0.15, -0.1) is 5.10 Å². The molecule has 34 heavy (non-hydrogen) atoms. The first-order valence-electron chi connectivity index (χ1n) is 12.2. The standard InChI is InChI=1S/C25H32N8O/c1-19(34)27-23-12-11-21(17-26-23)24(32-14-6-13-31(15-16-32)22-9-5-10-22)25-28-29-30-33(25)18-20-7-3-2-4-8-20/h2-4,7-8,11-12,17,22,24H,5-6,9-10,13-16,18H2,1H3,(H,26,27,34). The smallest absolute Gasteiger partial charge is 0.222 e. The van der Waals surface area contributed by atoms with E-state index >= 15 is 0 Å². The van der Waals surface area contributed by atoms with Gasteiger partial charge in [0.1, 0.15) is 5.82 Å². The number of pyridine rings is 1. The van der Waals surface area contributed by atoms with E-state index in [2.05, 4.69) is 47.8 Å². The number of nitrogens with zero attached hydrogens (tertiary/aromatic N) is 7. The van der Waals surface area contributed by atoms with Crippen LogP contribution in [-0.2, 0) is 11.3 Å². The van der Waals surface area contributed by atoms with Crippen molar-refractivity contribution < 1.29 is 4.79 Å². The van der Waals surface area contributed by atoms with Crippen LogP contribution in [0.3, 0.4) is 0 Å². The van der Waals surface area contributed by atoms with E-state index in [1.54, 1.807) is 0 Å². The Morgan fingerprint density at radius 3 is 2.62 bits per heavy atom. The summed E-state index contributed by atoms with van der Waals surface area (Å²) < 4.78 is 1.90. The van der Waals surface area contributed by atoms with Crippen molar-refractivity contribution in [2.45, 2.75) is 51.2 Å². The van der Waals surface area contributed by atoms with E-state index in [9.17, 15) is 4.79 Å². The van der Waals surface area contributed by atoms with E-state index < -0.39 is 0 Å². The SMILES string of the molecule is CC(=O)Nc1ccc(C(c2nnnn2Cc2ccccc2)N2CCCN(C3CCC3)CC2)cn1. The Morgan fingerprint density at radius 1 is 1.06 bits per heavy atom. The number of tetrazole rings is 1. The molecule has 1 saturated heterocycles. The summed E-state index contributed by atoms with van der Waals surface area (Å²) >= 11 is 0. The maximum absolute atomic E-state index is 11.4. The van der Waals surface area contributed by atoms with Crippen LogP contribution in [0.4, 0.5) is 5.82 Å². The minimum absolute atomic E-state index is 0.112. The minimum atomic E-state index is -0.132. The van der Waals surface area contributed by atoms with Gasteiger partial charge in [0, 0.05) is 38.8 Å². The van der Waals surface area contributed by atoms with E-state index in [1.165, 1.54) is 26.2 Å². The highest BCUT2D eigenvalue weighted by Gasteiger charge is 2.32. The van der Waals surface area contributed by atoms with Crippen molar-refractivity contribution in [3.05, 3.63) is 65.6 Å². The molecule has 1 aliphatic heterocycles. The van der Waals surface area contributed by atoms with Gasteiger partial charge in [0.05, 0.1) is 12.6 Å². The van der Waals surface area contributed by atoms with Crippen LogP contribution in [0.25, 0.3) is 0 Å². The first kappa shape index (κ1) is 22.6. The molecule has 2 aromatic heterocycles. The topological polar surface area (TPSA) is 92.1 Å². The summed E-state index contributed by atoms with van der Waals surface area (Å²) in [5.41, 5.74) is 2.18. The molecule has 9 nitrogen and oxygen atoms in total. The van der Waals surface area contributed by atoms with Crippen molar-refractivity contribution in [2.75, 3.05) is 31.5 Å². The number of hydrogen-bond donors (Lipinski definition) is 1. The zero-order valence-corrected chi connectivity index (χ0v) is 19.7. The molecule has 1 N–H and O–H groups in total. The van der Waals surface area contributed by atoms with Crippen molar-refractivity contribution in [1.29, 1.82) is 0 Å². The fraction of sp³-hybridized carbons (Fsp3) is 0.480. The van der Waals surface area contributed by atoms with Gasteiger partial charge in [-0.1, -0.05) is 42.8 Å². The largest absolute Gasteiger partial charge is 0.311 e. The quantitative estimate of drug-likeness (QED) is 0.580. The number of benzene rings is 1. The summed E-state index contributed by atoms with van der Waals surface area (Å²) in [6.45, 7) is 6.22. The fourth-order valence-electron chi connectivity index (χ4n) is 4.95. The molecular formula is C25H32N8O. The molecule has 9 heteroatoms. The lowest BCUT2D eigenvalue weighted by Crippen LogP contribution is -2.42. The molecule has 1 saturated carbocycles. The number of hydrogen-bond acceptors (Lipinski definition) is 7. The second kappa shape index (κ2) is 10.4. The van der Waals surface area contributed by atoms with Gasteiger partial charge in [-0.2, -0.15) is 0 Å². The van der Waals surface area contributed by atoms with Gasteiger partial charge < -0.3 is 5.32 Å². The third-order valence-corrected chi connectivity index (χ3v) is 6.91. The lowest BCUT2D eigenvalue weighted by molar-refractivity contribution is -0.114. The molecule has 178 valence electrons. The summed E-state index contributed by atoms with van der Waals surface area (Å²) in [5.74, 6) is 1.23. The Balaban J connectivity index is 1.44. The van der Waals surface area contributed by atoms with E-state index in [0.29, 0.717) is 12.4 Å². The normalized spacial score (nSPS) is 18.7. The van der Waals surface area contributed by atoms with E-state index in [4.69, 9.17) is 0 Å². The molecule has 0 radical (unpaired) electrons. The molecule has 3 heterocycles. The van der Waals surface area contributed by atoms with Crippen LogP contribution in [0.1, 0.15) is 55.6 Å². The first-order chi connectivity index (χ1) is 16.7. The number of carbonyl (C=O) groups is 1. The molecule has 5 rings (SSSR count). The third kappa shape index (κ3) is 5.15. The van der Waals surface area contributed by atoms with Gasteiger partial charge in [-0.05, 0) is 53.4 Å². The molecule has 1 aliphatic carbocycles. The summed E-state index contributed by atoms with van der Waals surface area (Å²) in [6, 6.07) is 14.8. The van der Waals surface area contributed by atoms with Gasteiger partial charge in [0.15, 0.2) is 5.82 Å². The molecular weight excluding hydrogens is 428 g/mol. The minimum Gasteiger partial charge on any atom is -0.311 e. The average Bonchev–Trinajstić information content (AvgIpc) is 3.11. The molecule has 1 amide bonds. The summed E-state index contributed by atoms with van der Waals surface area (Å²) in [4.78, 5) is 21.1. The van der Waals surface area contributed by atoms with Crippen molar-refractivity contribution in [3.8, 4) is 0 Å². The van der Waals surface area contributed by atoms with Crippen LogP contribution in [0.2, 0.25) is 0 Å². The van der Waals surface area contributed by atoms with E-state index in [-0.39, 0.29) is 11.9 Å². The number of nitrogens with one attached hydrogen (secondary N) is 1. The Labute approximate surface area is 200 Å². The van der Waals surface area contributed by atoms with Crippen molar-refractivity contribution in [2.24, 2.45) is 0 Å². The Kier molecular flexibility index (Phi) is 6.92. The predicted octanol–water partition coefficient (Wildman–Crippen LogP) is 2.72. The maximum atomic E-state index is 11.4. The summed E-state index contributed by atoms with van der Waals surface area (Å²) in [7, 11) is 0. The monoisotopic (exact) mass is 460 g/mol. The zero-order chi connectivity index (χ0) is 23.3. The van der Waals surface area contributed by atoms with E-state index in [0.717, 1.165) is 55.6 Å². The lowest BCUT2D eigenvalue weighted by atomic mass is 9.91. The van der Waals surface area contributed by atoms with Gasteiger partial charge in [0.25, 0.3) is 0 Å². The number of aromatic nitrogens is 5. The number of amides is 1. The zero-order valence-electron chi connectivity index (χ0n) is 19.7. The number of anilines is 1. The highest BCUT2D eigenvalue weighted by molar-refractivity contribution is 5.87. The highest BCUT2D eigenvalue weighted by atomic mass is 16.1. The summed E-state index contributed by atoms with van der Waals surface area (Å²) in [5, 5.41) is 15.6. The third-order valence-electron chi connectivity index (χ3n) is 6.91. The van der Waals surface area contributed by atoms with Gasteiger partial charge in [0.2, 0.25) is 5.91 Å². The van der Waals surface area contributed by atoms with Crippen LogP contribution in [0.5, 0.6) is 0 Å². The molecule has 3 aromatic rings. The van der Waals surface area contributed by atoms with Crippen LogP contribution < -0.4 is 5.32 Å². The molecule has 0 bridgehead atoms. The van der Waals surface area contributed by atoms with Crippen LogP contribution in [-0.4, -0.2) is 73.1 Å². The average molecular weight is 461 g/mol. The Hall–Kier alpha value is -3.17. The van der Waals surface area contributed by atoms with Crippen molar-refractivity contribution in [1.82, 2.24) is 35.0 Å². The highest BCUT2D eigenvalue weighted by Crippen LogP contribution is 2.31. The molecule has 1 atom stereocenters. The molecule has 1 unspecified atom stereocenters. The second-order valence-corrected chi connectivity index (χ2v) is 9.25. The fourth-order valence-corrected chi connectivity index (χ4v) is 4.95. The van der Waals surface area contributed by atoms with Crippen molar-refractivity contribution in [3.63, 3.8) is 0 Å². The number of rotatable bonds is 7. The van der Waals surface area contributed by atoms with Gasteiger partial charge in [-0.3, -0.25) is 14.6 Å². The second-order valence-electron chi connectivity index (χ2n) is 9.25. The van der Waals surface area contributed by atoms with Gasteiger partial charge >= 0.3 is 0 Å². The van der Waals surface area contributed by atoms with Crippen LogP contribution in [0.15, 0.2) is 48.7 Å². The van der Waals surface area contributed by atoms with Crippen molar-refractivity contribution >= 4 is 11.7 Å². The van der Waals surface area contributed by atoms with E-state index in [1.807, 2.05) is 41.2 Å². The Bertz CT molecular complexity index is 1080. The molecule has 2 fully saturated rings. The van der Waals surface area contributed by atoms with Gasteiger partial charge in [-0.25, -0.2) is 9.67 Å². The Morgan fingerprint density at radius 2 is 1.91 bits per heavy atom. The molecule has 2 aliphatic rings. The first-order valence-corrected chi connectivity index (χ1v) is 12.2.